The molecule has 0 N–H and O–H groups in total. The van der Waals surface area contributed by atoms with Gasteiger partial charge in [-0.2, -0.15) is 0 Å². The van der Waals surface area contributed by atoms with Crippen molar-refractivity contribution in [3.05, 3.63) is 35.9 Å². The average Bonchev–Trinajstić information content (AvgIpc) is 2.46. The van der Waals surface area contributed by atoms with E-state index in [1.54, 1.807) is 0 Å². The monoisotopic (exact) mass is 242 g/mol. The van der Waals surface area contributed by atoms with Gasteiger partial charge in [-0.25, -0.2) is 4.79 Å². The average molecular weight is 242 g/mol. The summed E-state index contributed by atoms with van der Waals surface area (Å²) in [5, 5.41) is 0. The summed E-state index contributed by atoms with van der Waals surface area (Å²) in [5.74, 6) is 1.39. The normalized spacial score (nSPS) is 40.1. The van der Waals surface area contributed by atoms with E-state index in [1.165, 1.54) is 25.7 Å². The first-order chi connectivity index (χ1) is 8.79. The Balaban J connectivity index is 1.48. The molecular weight excluding hydrogens is 224 g/mol. The van der Waals surface area contributed by atoms with Gasteiger partial charge in [0.25, 0.3) is 0 Å². The van der Waals surface area contributed by atoms with Crippen LogP contribution in [0.4, 0.5) is 0 Å². The minimum atomic E-state index is -0.135. The zero-order valence-corrected chi connectivity index (χ0v) is 10.5. The predicted octanol–water partition coefficient (Wildman–Crippen LogP) is 3.42. The molecule has 2 heteroatoms. The highest BCUT2D eigenvalue weighted by molar-refractivity contribution is 5.89. The Morgan fingerprint density at radius 3 is 2.50 bits per heavy atom. The van der Waals surface area contributed by atoms with E-state index in [-0.39, 0.29) is 12.1 Å². The second kappa shape index (κ2) is 3.59. The molecule has 3 fully saturated rings. The predicted molar refractivity (Wildman–Crippen MR) is 68.1 cm³/mol. The smallest absolute Gasteiger partial charge is 0.338 e. The first kappa shape index (κ1) is 10.6. The standard InChI is InChI=1S/C16H18O2/c17-15(11-4-2-1-3-5-11)18-14-10-12-6-8-16(12)9-7-13(14)16/h1-5,12-14H,6-10H2/t12-,13+,14+,16-/m0/s1. The number of esters is 1. The number of carbonyl (C=O) groups excluding carboxylic acids is 1. The van der Waals surface area contributed by atoms with Crippen LogP contribution in [0.5, 0.6) is 0 Å². The van der Waals surface area contributed by atoms with Crippen LogP contribution in [0.15, 0.2) is 30.3 Å². The first-order valence-corrected chi connectivity index (χ1v) is 7.06. The quantitative estimate of drug-likeness (QED) is 0.743. The Labute approximate surface area is 107 Å². The van der Waals surface area contributed by atoms with Crippen molar-refractivity contribution < 1.29 is 9.53 Å². The molecule has 3 aliphatic rings. The van der Waals surface area contributed by atoms with Gasteiger partial charge in [-0.15, -0.1) is 0 Å². The number of rotatable bonds is 2. The Hall–Kier alpha value is -1.31. The Kier molecular flexibility index (Phi) is 2.12. The van der Waals surface area contributed by atoms with Crippen molar-refractivity contribution in [2.45, 2.75) is 38.2 Å². The topological polar surface area (TPSA) is 26.3 Å². The largest absolute Gasteiger partial charge is 0.458 e. The molecule has 0 amide bonds. The summed E-state index contributed by atoms with van der Waals surface area (Å²) in [6.45, 7) is 0. The van der Waals surface area contributed by atoms with Crippen LogP contribution in [-0.2, 0) is 4.74 Å². The van der Waals surface area contributed by atoms with Gasteiger partial charge in [0.05, 0.1) is 5.56 Å². The van der Waals surface area contributed by atoms with E-state index >= 15 is 0 Å². The third-order valence-electron chi connectivity index (χ3n) is 5.66. The van der Waals surface area contributed by atoms with Crippen LogP contribution in [0.3, 0.4) is 0 Å². The summed E-state index contributed by atoms with van der Waals surface area (Å²) in [7, 11) is 0. The van der Waals surface area contributed by atoms with Crippen LogP contribution in [0.25, 0.3) is 0 Å². The lowest BCUT2D eigenvalue weighted by molar-refractivity contribution is -0.0873. The number of hydrogen-bond acceptors (Lipinski definition) is 2. The molecule has 1 aromatic rings. The third-order valence-corrected chi connectivity index (χ3v) is 5.66. The van der Waals surface area contributed by atoms with Crippen LogP contribution >= 0.6 is 0 Å². The van der Waals surface area contributed by atoms with Crippen LogP contribution in [0.1, 0.15) is 42.5 Å². The molecule has 18 heavy (non-hydrogen) atoms. The Morgan fingerprint density at radius 1 is 1.17 bits per heavy atom. The summed E-state index contributed by atoms with van der Waals surface area (Å²) in [4.78, 5) is 12.1. The van der Waals surface area contributed by atoms with Crippen molar-refractivity contribution in [2.24, 2.45) is 17.3 Å². The molecule has 0 radical (unpaired) electrons. The summed E-state index contributed by atoms with van der Waals surface area (Å²) < 4.78 is 5.77. The molecule has 2 nitrogen and oxygen atoms in total. The van der Waals surface area contributed by atoms with E-state index in [9.17, 15) is 4.79 Å². The van der Waals surface area contributed by atoms with Crippen LogP contribution in [0, 0.1) is 17.3 Å². The SMILES string of the molecule is O=C(O[C@@H]1C[C@@H]2CC[C@]23CC[C@H]13)c1ccccc1. The lowest BCUT2D eigenvalue weighted by Gasteiger charge is -2.56. The zero-order chi connectivity index (χ0) is 12.2. The number of ether oxygens (including phenoxy) is 1. The van der Waals surface area contributed by atoms with Crippen molar-refractivity contribution in [1.82, 2.24) is 0 Å². The highest BCUT2D eigenvalue weighted by atomic mass is 16.5. The van der Waals surface area contributed by atoms with Crippen molar-refractivity contribution >= 4 is 5.97 Å². The van der Waals surface area contributed by atoms with E-state index in [0.717, 1.165) is 12.3 Å². The van der Waals surface area contributed by atoms with E-state index < -0.39 is 0 Å². The molecule has 0 saturated heterocycles. The zero-order valence-electron chi connectivity index (χ0n) is 10.5. The van der Waals surface area contributed by atoms with Gasteiger partial charge in [0.15, 0.2) is 0 Å². The van der Waals surface area contributed by atoms with Gasteiger partial charge in [0.2, 0.25) is 0 Å². The van der Waals surface area contributed by atoms with Gasteiger partial charge < -0.3 is 4.74 Å². The van der Waals surface area contributed by atoms with Crippen LogP contribution < -0.4 is 0 Å². The van der Waals surface area contributed by atoms with Crippen molar-refractivity contribution in [1.29, 1.82) is 0 Å². The summed E-state index contributed by atoms with van der Waals surface area (Å²) in [6.07, 6.45) is 6.69. The Morgan fingerprint density at radius 2 is 1.94 bits per heavy atom. The molecule has 0 unspecified atom stereocenters. The highest BCUT2D eigenvalue weighted by Crippen LogP contribution is 2.70. The van der Waals surface area contributed by atoms with Gasteiger partial charge in [-0.3, -0.25) is 0 Å². The van der Waals surface area contributed by atoms with Crippen molar-refractivity contribution in [3.8, 4) is 0 Å². The molecule has 1 aromatic carbocycles. The fourth-order valence-corrected chi connectivity index (χ4v) is 4.48. The summed E-state index contributed by atoms with van der Waals surface area (Å²) >= 11 is 0. The number of hydrogen-bond donors (Lipinski definition) is 0. The molecule has 0 aliphatic heterocycles. The van der Waals surface area contributed by atoms with E-state index in [1.807, 2.05) is 30.3 Å². The lowest BCUT2D eigenvalue weighted by atomic mass is 9.48. The summed E-state index contributed by atoms with van der Waals surface area (Å²) in [6, 6.07) is 9.37. The molecular formula is C16H18O2. The first-order valence-electron chi connectivity index (χ1n) is 7.06. The molecule has 4 rings (SSSR count). The van der Waals surface area contributed by atoms with E-state index in [4.69, 9.17) is 4.74 Å². The maximum Gasteiger partial charge on any atom is 0.338 e. The fraction of sp³-hybridized carbons (Fsp3) is 0.562. The van der Waals surface area contributed by atoms with Gasteiger partial charge >= 0.3 is 5.97 Å². The van der Waals surface area contributed by atoms with Gasteiger partial charge in [-0.05, 0) is 55.6 Å². The minimum Gasteiger partial charge on any atom is -0.458 e. The Bertz CT molecular complexity index is 477. The van der Waals surface area contributed by atoms with Gasteiger partial charge in [-0.1, -0.05) is 18.2 Å². The van der Waals surface area contributed by atoms with Crippen molar-refractivity contribution in [2.75, 3.05) is 0 Å². The molecule has 94 valence electrons. The van der Waals surface area contributed by atoms with Crippen molar-refractivity contribution in [3.63, 3.8) is 0 Å². The molecule has 0 bridgehead atoms. The van der Waals surface area contributed by atoms with E-state index in [2.05, 4.69) is 0 Å². The second-order valence-corrected chi connectivity index (χ2v) is 6.16. The van der Waals surface area contributed by atoms with E-state index in [0.29, 0.717) is 16.9 Å². The maximum absolute atomic E-state index is 12.1. The molecule has 0 aromatic heterocycles. The second-order valence-electron chi connectivity index (χ2n) is 6.16. The molecule has 1 spiro atoms. The number of carbonyl (C=O) groups is 1. The third kappa shape index (κ3) is 1.26. The molecule has 3 aliphatic carbocycles. The number of benzene rings is 1. The van der Waals surface area contributed by atoms with Gasteiger partial charge in [0, 0.05) is 5.92 Å². The highest BCUT2D eigenvalue weighted by Gasteiger charge is 2.65. The minimum absolute atomic E-state index is 0.135. The molecule has 0 heterocycles. The summed E-state index contributed by atoms with van der Waals surface area (Å²) in [5.41, 5.74) is 1.28. The van der Waals surface area contributed by atoms with Gasteiger partial charge in [0.1, 0.15) is 6.10 Å². The fourth-order valence-electron chi connectivity index (χ4n) is 4.48. The lowest BCUT2D eigenvalue weighted by Crippen LogP contribution is -2.49. The molecule has 4 atom stereocenters. The molecule has 3 saturated carbocycles. The van der Waals surface area contributed by atoms with Crippen LogP contribution in [0.2, 0.25) is 0 Å². The maximum atomic E-state index is 12.1. The van der Waals surface area contributed by atoms with Crippen LogP contribution in [-0.4, -0.2) is 12.1 Å².